The van der Waals surface area contributed by atoms with Gasteiger partial charge in [0.1, 0.15) is 5.56 Å². The number of aromatic nitrogens is 2. The molecule has 3 rings (SSSR count). The van der Waals surface area contributed by atoms with Gasteiger partial charge in [0.2, 0.25) is 5.88 Å². The molecule has 2 heterocycles. The Morgan fingerprint density at radius 3 is 2.22 bits per heavy atom. The standard InChI is InChI=1S/C16H16N4O2S/c1-3-19-14(21)10(15(22)20(4-2)16(19)23)9-13-17-11-7-5-6-8-12(11)18-13/h5-9,21H,3-4H2,1-2H3. The van der Waals surface area contributed by atoms with Gasteiger partial charge in [0.05, 0.1) is 10.7 Å². The number of rotatable bonds is 3. The fraction of sp³-hybridized carbons (Fsp3) is 0.250. The maximum atomic E-state index is 12.6. The van der Waals surface area contributed by atoms with Crippen molar-refractivity contribution in [2.75, 3.05) is 0 Å². The Kier molecular flexibility index (Phi) is 3.96. The summed E-state index contributed by atoms with van der Waals surface area (Å²) in [4.78, 5) is 21.3. The van der Waals surface area contributed by atoms with E-state index < -0.39 is 0 Å². The molecule has 1 aliphatic rings. The summed E-state index contributed by atoms with van der Waals surface area (Å²) in [7, 11) is 0. The van der Waals surface area contributed by atoms with Gasteiger partial charge < -0.3 is 5.11 Å². The highest BCUT2D eigenvalue weighted by molar-refractivity contribution is 7.71. The van der Waals surface area contributed by atoms with Crippen molar-refractivity contribution in [2.24, 2.45) is 9.98 Å². The fourth-order valence-electron chi connectivity index (χ4n) is 2.52. The summed E-state index contributed by atoms with van der Waals surface area (Å²) in [6.07, 6.45) is 1.50. The fourth-order valence-corrected chi connectivity index (χ4v) is 2.95. The normalized spacial score (nSPS) is 12.5. The predicted molar refractivity (Wildman–Crippen MR) is 89.3 cm³/mol. The molecule has 2 aromatic rings. The minimum Gasteiger partial charge on any atom is -0.494 e. The highest BCUT2D eigenvalue weighted by Crippen LogP contribution is 2.18. The molecule has 0 radical (unpaired) electrons. The van der Waals surface area contributed by atoms with Gasteiger partial charge in [-0.3, -0.25) is 13.9 Å². The Balaban J connectivity index is 2.26. The van der Waals surface area contributed by atoms with E-state index in [1.165, 1.54) is 15.2 Å². The number of nitrogens with zero attached hydrogens (tertiary/aromatic N) is 4. The van der Waals surface area contributed by atoms with Gasteiger partial charge in [-0.05, 0) is 38.2 Å². The molecule has 6 nitrogen and oxygen atoms in total. The number of fused-ring (bicyclic) bond motifs is 1. The van der Waals surface area contributed by atoms with Crippen molar-refractivity contribution < 1.29 is 5.11 Å². The van der Waals surface area contributed by atoms with Gasteiger partial charge in [0.25, 0.3) is 5.56 Å². The molecule has 0 bridgehead atoms. The third-order valence-electron chi connectivity index (χ3n) is 3.69. The molecule has 0 saturated heterocycles. The van der Waals surface area contributed by atoms with Crippen molar-refractivity contribution in [3.63, 3.8) is 0 Å². The van der Waals surface area contributed by atoms with E-state index in [1.54, 1.807) is 0 Å². The third-order valence-corrected chi connectivity index (χ3v) is 4.13. The molecule has 118 valence electrons. The zero-order valence-corrected chi connectivity index (χ0v) is 13.7. The molecule has 23 heavy (non-hydrogen) atoms. The Morgan fingerprint density at radius 2 is 1.70 bits per heavy atom. The van der Waals surface area contributed by atoms with Crippen molar-refractivity contribution in [1.82, 2.24) is 9.13 Å². The Hall–Kier alpha value is -2.54. The van der Waals surface area contributed by atoms with Crippen LogP contribution in [0.2, 0.25) is 0 Å². The quantitative estimate of drug-likeness (QED) is 0.865. The number of benzene rings is 1. The summed E-state index contributed by atoms with van der Waals surface area (Å²) >= 11 is 5.26. The van der Waals surface area contributed by atoms with Crippen LogP contribution in [0.4, 0.5) is 0 Å². The highest BCUT2D eigenvalue weighted by atomic mass is 32.1. The first kappa shape index (κ1) is 15.4. The summed E-state index contributed by atoms with van der Waals surface area (Å²) in [5.74, 6) is 0.238. The molecule has 1 N–H and O–H groups in total. The van der Waals surface area contributed by atoms with Crippen LogP contribution in [0.3, 0.4) is 0 Å². The molecule has 0 aliphatic carbocycles. The minimum atomic E-state index is -0.339. The van der Waals surface area contributed by atoms with Gasteiger partial charge in [-0.15, -0.1) is 0 Å². The number of hydrogen-bond donors (Lipinski definition) is 1. The molecule has 0 atom stereocenters. The van der Waals surface area contributed by atoms with Crippen LogP contribution in [-0.4, -0.2) is 14.2 Å². The molecular weight excluding hydrogens is 312 g/mol. The van der Waals surface area contributed by atoms with E-state index in [0.29, 0.717) is 23.7 Å². The molecule has 0 unspecified atom stereocenters. The molecule has 0 saturated carbocycles. The lowest BCUT2D eigenvalue weighted by molar-refractivity contribution is 0.399. The first-order valence-electron chi connectivity index (χ1n) is 7.37. The molecule has 7 heteroatoms. The molecular formula is C16H16N4O2S. The lowest BCUT2D eigenvalue weighted by atomic mass is 10.3. The Labute approximate surface area is 137 Å². The number of hydrogen-bond acceptors (Lipinski definition) is 5. The van der Waals surface area contributed by atoms with Crippen LogP contribution < -0.4 is 16.3 Å². The monoisotopic (exact) mass is 328 g/mol. The van der Waals surface area contributed by atoms with Gasteiger partial charge in [-0.25, -0.2) is 9.98 Å². The van der Waals surface area contributed by atoms with Gasteiger partial charge >= 0.3 is 0 Å². The van der Waals surface area contributed by atoms with Crippen LogP contribution in [0.5, 0.6) is 5.88 Å². The van der Waals surface area contributed by atoms with Gasteiger partial charge in [-0.1, -0.05) is 12.1 Å². The summed E-state index contributed by atoms with van der Waals surface area (Å²) in [6.45, 7) is 4.60. The molecule has 0 spiro atoms. The highest BCUT2D eigenvalue weighted by Gasteiger charge is 2.15. The lowest BCUT2D eigenvalue weighted by Gasteiger charge is -2.13. The van der Waals surface area contributed by atoms with Crippen molar-refractivity contribution >= 4 is 18.3 Å². The second kappa shape index (κ2) is 5.92. The predicted octanol–water partition coefficient (Wildman–Crippen LogP) is 1.38. The van der Waals surface area contributed by atoms with Crippen molar-refractivity contribution in [3.8, 4) is 5.88 Å². The molecule has 1 aliphatic heterocycles. The average molecular weight is 328 g/mol. The summed E-state index contributed by atoms with van der Waals surface area (Å²) < 4.78 is 3.28. The number of para-hydroxylation sites is 2. The van der Waals surface area contributed by atoms with Crippen LogP contribution >= 0.6 is 12.2 Å². The van der Waals surface area contributed by atoms with Gasteiger partial charge in [0, 0.05) is 19.2 Å². The minimum absolute atomic E-state index is 0.151. The van der Waals surface area contributed by atoms with E-state index in [-0.39, 0.29) is 17.0 Å². The first-order chi connectivity index (χ1) is 11.1. The zero-order valence-electron chi connectivity index (χ0n) is 12.9. The zero-order chi connectivity index (χ0) is 16.6. The lowest BCUT2D eigenvalue weighted by Crippen LogP contribution is -2.26. The SMILES string of the molecule is CCn1c(O)c(C=C2N=c3ccccc3=N2)c(=O)n(CC)c1=S. The van der Waals surface area contributed by atoms with Crippen LogP contribution in [0, 0.1) is 4.77 Å². The van der Waals surface area contributed by atoms with E-state index in [1.807, 2.05) is 38.1 Å². The molecule has 1 aromatic carbocycles. The van der Waals surface area contributed by atoms with Gasteiger partial charge in [-0.2, -0.15) is 0 Å². The molecule has 0 amide bonds. The van der Waals surface area contributed by atoms with Crippen molar-refractivity contribution in [3.05, 3.63) is 61.5 Å². The van der Waals surface area contributed by atoms with E-state index >= 15 is 0 Å². The smallest absolute Gasteiger partial charge is 0.265 e. The Bertz CT molecular complexity index is 1010. The van der Waals surface area contributed by atoms with Crippen LogP contribution in [0.25, 0.3) is 6.08 Å². The third kappa shape index (κ3) is 2.53. The first-order valence-corrected chi connectivity index (χ1v) is 7.78. The van der Waals surface area contributed by atoms with Crippen LogP contribution in [0.15, 0.2) is 44.9 Å². The second-order valence-electron chi connectivity index (χ2n) is 5.03. The van der Waals surface area contributed by atoms with Gasteiger partial charge in [0.15, 0.2) is 10.6 Å². The summed E-state index contributed by atoms with van der Waals surface area (Å²) in [5.41, 5.74) is -0.189. The molecule has 0 fully saturated rings. The second-order valence-corrected chi connectivity index (χ2v) is 5.39. The van der Waals surface area contributed by atoms with E-state index in [9.17, 15) is 9.90 Å². The maximum Gasteiger partial charge on any atom is 0.265 e. The van der Waals surface area contributed by atoms with E-state index in [4.69, 9.17) is 12.2 Å². The summed E-state index contributed by atoms with van der Waals surface area (Å²) in [6, 6.07) is 7.45. The summed E-state index contributed by atoms with van der Waals surface area (Å²) in [5, 5.41) is 11.9. The largest absolute Gasteiger partial charge is 0.494 e. The van der Waals surface area contributed by atoms with Crippen molar-refractivity contribution in [1.29, 1.82) is 0 Å². The van der Waals surface area contributed by atoms with Crippen LogP contribution in [0.1, 0.15) is 19.4 Å². The number of aromatic hydroxyl groups is 1. The molecule has 1 aromatic heterocycles. The van der Waals surface area contributed by atoms with E-state index in [2.05, 4.69) is 9.98 Å². The van der Waals surface area contributed by atoms with Crippen molar-refractivity contribution in [2.45, 2.75) is 26.9 Å². The topological polar surface area (TPSA) is 71.9 Å². The Morgan fingerprint density at radius 1 is 1.13 bits per heavy atom. The maximum absolute atomic E-state index is 12.6. The van der Waals surface area contributed by atoms with E-state index in [0.717, 1.165) is 10.7 Å². The average Bonchev–Trinajstić information content (AvgIpc) is 2.95. The van der Waals surface area contributed by atoms with Crippen LogP contribution in [-0.2, 0) is 13.1 Å².